The van der Waals surface area contributed by atoms with Crippen LogP contribution in [0.1, 0.15) is 25.8 Å². The normalized spacial score (nSPS) is 24.8. The van der Waals surface area contributed by atoms with Gasteiger partial charge in [0.1, 0.15) is 0 Å². The molecule has 1 aromatic rings. The standard InChI is InChI=1S/C21H29N5O3/c1-14-11-17-13-24(8-7-23(17)12-14)20(28)22-18-5-4-6-19(15(18)2)26-10-9-25(16(3)27)21(26)29/h4-6,14,17H,7-13H2,1-3H3,(H,22,28). The molecule has 1 N–H and O–H groups in total. The number of imide groups is 1. The van der Waals surface area contributed by atoms with Gasteiger partial charge >= 0.3 is 12.1 Å². The van der Waals surface area contributed by atoms with Crippen molar-refractivity contribution in [3.8, 4) is 0 Å². The van der Waals surface area contributed by atoms with Gasteiger partial charge in [-0.15, -0.1) is 0 Å². The summed E-state index contributed by atoms with van der Waals surface area (Å²) in [5, 5.41) is 3.03. The lowest BCUT2D eigenvalue weighted by atomic mass is 10.1. The number of carbonyl (C=O) groups is 3. The van der Waals surface area contributed by atoms with E-state index < -0.39 is 0 Å². The monoisotopic (exact) mass is 399 g/mol. The first-order valence-electron chi connectivity index (χ1n) is 10.3. The van der Waals surface area contributed by atoms with E-state index in [0.29, 0.717) is 30.7 Å². The van der Waals surface area contributed by atoms with Crippen LogP contribution in [-0.2, 0) is 4.79 Å². The zero-order valence-electron chi connectivity index (χ0n) is 17.4. The number of nitrogens with zero attached hydrogens (tertiary/aromatic N) is 4. The van der Waals surface area contributed by atoms with Crippen molar-refractivity contribution in [1.82, 2.24) is 14.7 Å². The fourth-order valence-corrected chi connectivity index (χ4v) is 4.78. The topological polar surface area (TPSA) is 76.2 Å². The molecule has 3 aliphatic rings. The number of amides is 5. The molecule has 0 bridgehead atoms. The van der Waals surface area contributed by atoms with E-state index in [0.717, 1.165) is 43.9 Å². The van der Waals surface area contributed by atoms with Crippen molar-refractivity contribution in [2.75, 3.05) is 49.5 Å². The summed E-state index contributed by atoms with van der Waals surface area (Å²) in [6.45, 7) is 9.93. The van der Waals surface area contributed by atoms with Gasteiger partial charge in [-0.1, -0.05) is 13.0 Å². The molecule has 0 aromatic heterocycles. The third-order valence-electron chi connectivity index (χ3n) is 6.34. The minimum atomic E-state index is -0.310. The van der Waals surface area contributed by atoms with Gasteiger partial charge in [0.25, 0.3) is 0 Å². The molecule has 8 nitrogen and oxygen atoms in total. The van der Waals surface area contributed by atoms with Crippen LogP contribution in [-0.4, -0.2) is 78.0 Å². The zero-order valence-corrected chi connectivity index (χ0v) is 17.4. The lowest BCUT2D eigenvalue weighted by molar-refractivity contribution is -0.125. The van der Waals surface area contributed by atoms with Crippen molar-refractivity contribution in [1.29, 1.82) is 0 Å². The summed E-state index contributed by atoms with van der Waals surface area (Å²) in [6.07, 6.45) is 1.14. The average molecular weight is 399 g/mol. The Bertz CT molecular complexity index is 842. The predicted molar refractivity (Wildman–Crippen MR) is 111 cm³/mol. The number of hydrogen-bond acceptors (Lipinski definition) is 4. The number of nitrogens with one attached hydrogen (secondary N) is 1. The Labute approximate surface area is 171 Å². The number of carbonyl (C=O) groups excluding carboxylic acids is 3. The maximum Gasteiger partial charge on any atom is 0.331 e. The largest absolute Gasteiger partial charge is 0.331 e. The van der Waals surface area contributed by atoms with Gasteiger partial charge in [-0.25, -0.2) is 9.59 Å². The molecule has 0 radical (unpaired) electrons. The van der Waals surface area contributed by atoms with Crippen molar-refractivity contribution in [3.05, 3.63) is 23.8 Å². The van der Waals surface area contributed by atoms with Gasteiger partial charge in [0, 0.05) is 57.9 Å². The summed E-state index contributed by atoms with van der Waals surface area (Å²) in [6, 6.07) is 5.59. The van der Waals surface area contributed by atoms with Gasteiger partial charge < -0.3 is 10.2 Å². The second kappa shape index (κ2) is 7.67. The third-order valence-corrected chi connectivity index (χ3v) is 6.34. The molecule has 29 heavy (non-hydrogen) atoms. The average Bonchev–Trinajstić information content (AvgIpc) is 3.24. The van der Waals surface area contributed by atoms with E-state index in [2.05, 4.69) is 17.1 Å². The molecular formula is C21H29N5O3. The fraction of sp³-hybridized carbons (Fsp3) is 0.571. The summed E-state index contributed by atoms with van der Waals surface area (Å²) in [5.74, 6) is 0.439. The predicted octanol–water partition coefficient (Wildman–Crippen LogP) is 2.34. The number of anilines is 2. The number of hydrogen-bond donors (Lipinski definition) is 1. The molecule has 156 valence electrons. The van der Waals surface area contributed by atoms with Crippen molar-refractivity contribution in [2.45, 2.75) is 33.2 Å². The first-order valence-corrected chi connectivity index (χ1v) is 10.3. The van der Waals surface area contributed by atoms with Crippen LogP contribution < -0.4 is 10.2 Å². The smallest absolute Gasteiger partial charge is 0.322 e. The molecule has 2 atom stereocenters. The number of urea groups is 2. The summed E-state index contributed by atoms with van der Waals surface area (Å²) in [5.41, 5.74) is 2.25. The molecule has 5 amide bonds. The van der Waals surface area contributed by atoms with Gasteiger partial charge in [0.15, 0.2) is 0 Å². The quantitative estimate of drug-likeness (QED) is 0.828. The number of rotatable bonds is 2. The van der Waals surface area contributed by atoms with Gasteiger partial charge in [-0.05, 0) is 37.0 Å². The highest BCUT2D eigenvalue weighted by molar-refractivity contribution is 6.05. The van der Waals surface area contributed by atoms with Crippen molar-refractivity contribution in [2.24, 2.45) is 5.92 Å². The summed E-state index contributed by atoms with van der Waals surface area (Å²) in [7, 11) is 0. The van der Waals surface area contributed by atoms with Crippen LogP contribution in [0.4, 0.5) is 21.0 Å². The molecule has 0 spiro atoms. The Morgan fingerprint density at radius 3 is 2.62 bits per heavy atom. The highest BCUT2D eigenvalue weighted by atomic mass is 16.2. The van der Waals surface area contributed by atoms with Crippen LogP contribution in [0.25, 0.3) is 0 Å². The second-order valence-electron chi connectivity index (χ2n) is 8.42. The zero-order chi connectivity index (χ0) is 20.7. The van der Waals surface area contributed by atoms with E-state index in [1.54, 1.807) is 4.90 Å². The van der Waals surface area contributed by atoms with Crippen LogP contribution in [0, 0.1) is 12.8 Å². The van der Waals surface area contributed by atoms with Crippen molar-refractivity contribution < 1.29 is 14.4 Å². The van der Waals surface area contributed by atoms with Crippen molar-refractivity contribution in [3.63, 3.8) is 0 Å². The highest BCUT2D eigenvalue weighted by Crippen LogP contribution is 2.30. The van der Waals surface area contributed by atoms with Crippen LogP contribution in [0.5, 0.6) is 0 Å². The Hall–Kier alpha value is -2.61. The van der Waals surface area contributed by atoms with E-state index in [1.807, 2.05) is 30.0 Å². The maximum absolute atomic E-state index is 12.9. The molecule has 3 saturated heterocycles. The molecule has 3 heterocycles. The van der Waals surface area contributed by atoms with E-state index in [1.165, 1.54) is 11.8 Å². The highest BCUT2D eigenvalue weighted by Gasteiger charge is 2.36. The molecule has 0 saturated carbocycles. The fourth-order valence-electron chi connectivity index (χ4n) is 4.78. The first kappa shape index (κ1) is 19.7. The molecular weight excluding hydrogens is 370 g/mol. The Morgan fingerprint density at radius 1 is 1.10 bits per heavy atom. The second-order valence-corrected chi connectivity index (χ2v) is 8.42. The number of benzene rings is 1. The van der Waals surface area contributed by atoms with Gasteiger partial charge in [0.05, 0.1) is 5.69 Å². The molecule has 0 aliphatic carbocycles. The molecule has 1 aromatic carbocycles. The van der Waals surface area contributed by atoms with Crippen LogP contribution in [0.2, 0.25) is 0 Å². The number of piperazine rings is 1. The minimum Gasteiger partial charge on any atom is -0.322 e. The molecule has 4 rings (SSSR count). The third kappa shape index (κ3) is 3.69. The first-order chi connectivity index (χ1) is 13.8. The summed E-state index contributed by atoms with van der Waals surface area (Å²) >= 11 is 0. The van der Waals surface area contributed by atoms with Crippen molar-refractivity contribution >= 4 is 29.3 Å². The lowest BCUT2D eigenvalue weighted by Gasteiger charge is -2.37. The van der Waals surface area contributed by atoms with Crippen LogP contribution in [0.15, 0.2) is 18.2 Å². The summed E-state index contributed by atoms with van der Waals surface area (Å²) in [4.78, 5) is 44.3. The van der Waals surface area contributed by atoms with Gasteiger partial charge in [-0.2, -0.15) is 0 Å². The SMILES string of the molecule is CC(=O)N1CCN(c2cccc(NC(=O)N3CCN4CC(C)CC4C3)c2C)C1=O. The maximum atomic E-state index is 12.9. The van der Waals surface area contributed by atoms with E-state index in [9.17, 15) is 14.4 Å². The lowest BCUT2D eigenvalue weighted by Crippen LogP contribution is -2.53. The van der Waals surface area contributed by atoms with Crippen LogP contribution >= 0.6 is 0 Å². The van der Waals surface area contributed by atoms with Gasteiger partial charge in [0.2, 0.25) is 5.91 Å². The Morgan fingerprint density at radius 2 is 1.90 bits per heavy atom. The van der Waals surface area contributed by atoms with E-state index >= 15 is 0 Å². The molecule has 3 fully saturated rings. The molecule has 2 unspecified atom stereocenters. The number of fused-ring (bicyclic) bond motifs is 1. The van der Waals surface area contributed by atoms with Crippen LogP contribution in [0.3, 0.4) is 0 Å². The molecule has 8 heteroatoms. The Kier molecular flexibility index (Phi) is 5.21. The Balaban J connectivity index is 1.46. The van der Waals surface area contributed by atoms with E-state index in [-0.39, 0.29) is 18.0 Å². The van der Waals surface area contributed by atoms with E-state index in [4.69, 9.17) is 0 Å². The minimum absolute atomic E-state index is 0.0948. The molecule has 3 aliphatic heterocycles. The summed E-state index contributed by atoms with van der Waals surface area (Å²) < 4.78 is 0. The van der Waals surface area contributed by atoms with Gasteiger partial charge in [-0.3, -0.25) is 19.5 Å².